The third-order valence-electron chi connectivity index (χ3n) is 3.01. The topological polar surface area (TPSA) is 29.1 Å². The van der Waals surface area contributed by atoms with Crippen molar-refractivity contribution >= 4 is 27.5 Å². The van der Waals surface area contributed by atoms with E-state index in [9.17, 15) is 4.79 Å². The second kappa shape index (κ2) is 5.57. The fourth-order valence-electron chi connectivity index (χ4n) is 1.87. The van der Waals surface area contributed by atoms with Crippen molar-refractivity contribution < 1.29 is 4.79 Å². The number of halogens is 1. The van der Waals surface area contributed by atoms with Crippen LogP contribution in [0.15, 0.2) is 40.9 Å². The summed E-state index contributed by atoms with van der Waals surface area (Å²) in [5, 5.41) is 2.97. The molecule has 1 N–H and O–H groups in total. The minimum Gasteiger partial charge on any atom is -0.322 e. The van der Waals surface area contributed by atoms with Crippen molar-refractivity contribution in [2.75, 3.05) is 5.32 Å². The molecule has 0 aliphatic carbocycles. The van der Waals surface area contributed by atoms with E-state index in [1.807, 2.05) is 57.2 Å². The SMILES string of the molecule is Cc1ccc(C)c(NC(=O)c2cc(C)ccc2Br)c1. The molecule has 19 heavy (non-hydrogen) atoms. The average Bonchev–Trinajstić information content (AvgIpc) is 2.36. The van der Waals surface area contributed by atoms with Crippen LogP contribution in [0.1, 0.15) is 27.0 Å². The zero-order valence-electron chi connectivity index (χ0n) is 11.3. The molecule has 0 aromatic heterocycles. The maximum Gasteiger partial charge on any atom is 0.256 e. The van der Waals surface area contributed by atoms with E-state index in [0.29, 0.717) is 5.56 Å². The van der Waals surface area contributed by atoms with Crippen molar-refractivity contribution in [1.82, 2.24) is 0 Å². The van der Waals surface area contributed by atoms with Gasteiger partial charge in [0.2, 0.25) is 0 Å². The minimum atomic E-state index is -0.0933. The Morgan fingerprint density at radius 2 is 1.63 bits per heavy atom. The second-order valence-electron chi connectivity index (χ2n) is 4.76. The number of nitrogens with one attached hydrogen (secondary N) is 1. The fourth-order valence-corrected chi connectivity index (χ4v) is 2.30. The summed E-state index contributed by atoms with van der Waals surface area (Å²) in [6, 6.07) is 11.8. The van der Waals surface area contributed by atoms with E-state index in [1.54, 1.807) is 0 Å². The van der Waals surface area contributed by atoms with E-state index in [1.165, 1.54) is 0 Å². The number of carbonyl (C=O) groups is 1. The Kier molecular flexibility index (Phi) is 4.05. The van der Waals surface area contributed by atoms with Gasteiger partial charge in [-0.2, -0.15) is 0 Å². The maximum absolute atomic E-state index is 12.3. The van der Waals surface area contributed by atoms with Crippen LogP contribution in [-0.4, -0.2) is 5.91 Å². The number of hydrogen-bond acceptors (Lipinski definition) is 1. The molecular formula is C16H16BrNO. The van der Waals surface area contributed by atoms with Crippen molar-refractivity contribution in [3.63, 3.8) is 0 Å². The smallest absolute Gasteiger partial charge is 0.256 e. The number of rotatable bonds is 2. The first-order valence-corrected chi connectivity index (χ1v) is 6.91. The van der Waals surface area contributed by atoms with E-state index in [-0.39, 0.29) is 5.91 Å². The van der Waals surface area contributed by atoms with Crippen molar-refractivity contribution in [1.29, 1.82) is 0 Å². The van der Waals surface area contributed by atoms with Gasteiger partial charge in [-0.3, -0.25) is 4.79 Å². The van der Waals surface area contributed by atoms with Crippen LogP contribution in [0.25, 0.3) is 0 Å². The molecule has 2 nitrogen and oxygen atoms in total. The van der Waals surface area contributed by atoms with Crippen LogP contribution in [0.3, 0.4) is 0 Å². The Morgan fingerprint density at radius 1 is 1.00 bits per heavy atom. The summed E-state index contributed by atoms with van der Waals surface area (Å²) >= 11 is 3.42. The molecule has 0 heterocycles. The van der Waals surface area contributed by atoms with Crippen molar-refractivity contribution in [2.24, 2.45) is 0 Å². The molecule has 98 valence electrons. The van der Waals surface area contributed by atoms with E-state index < -0.39 is 0 Å². The van der Waals surface area contributed by atoms with E-state index in [4.69, 9.17) is 0 Å². The number of aryl methyl sites for hydroxylation is 3. The number of benzene rings is 2. The van der Waals surface area contributed by atoms with Gasteiger partial charge < -0.3 is 5.32 Å². The predicted octanol–water partition coefficient (Wildman–Crippen LogP) is 4.63. The van der Waals surface area contributed by atoms with Gasteiger partial charge in [-0.15, -0.1) is 0 Å². The molecule has 0 fully saturated rings. The summed E-state index contributed by atoms with van der Waals surface area (Å²) in [5.41, 5.74) is 4.76. The molecule has 3 heteroatoms. The lowest BCUT2D eigenvalue weighted by atomic mass is 10.1. The molecule has 2 rings (SSSR count). The first kappa shape index (κ1) is 13.8. The highest BCUT2D eigenvalue weighted by molar-refractivity contribution is 9.10. The van der Waals surface area contributed by atoms with Gasteiger partial charge in [0, 0.05) is 10.2 Å². The van der Waals surface area contributed by atoms with Crippen LogP contribution < -0.4 is 5.32 Å². The summed E-state index contributed by atoms with van der Waals surface area (Å²) in [7, 11) is 0. The first-order chi connectivity index (χ1) is 8.97. The van der Waals surface area contributed by atoms with Crippen molar-refractivity contribution in [3.05, 3.63) is 63.1 Å². The summed E-state index contributed by atoms with van der Waals surface area (Å²) < 4.78 is 0.806. The van der Waals surface area contributed by atoms with Gasteiger partial charge in [0.05, 0.1) is 5.56 Å². The Balaban J connectivity index is 2.30. The molecule has 0 saturated carbocycles. The van der Waals surface area contributed by atoms with Gasteiger partial charge in [-0.1, -0.05) is 23.8 Å². The Morgan fingerprint density at radius 3 is 2.37 bits per heavy atom. The third kappa shape index (κ3) is 3.24. The Labute approximate surface area is 122 Å². The lowest BCUT2D eigenvalue weighted by Gasteiger charge is -2.11. The monoisotopic (exact) mass is 317 g/mol. The zero-order chi connectivity index (χ0) is 14.0. The van der Waals surface area contributed by atoms with E-state index in [2.05, 4.69) is 21.2 Å². The van der Waals surface area contributed by atoms with Gasteiger partial charge in [-0.25, -0.2) is 0 Å². The molecule has 0 radical (unpaired) electrons. The van der Waals surface area contributed by atoms with Crippen LogP contribution in [0.4, 0.5) is 5.69 Å². The van der Waals surface area contributed by atoms with Crippen LogP contribution in [0, 0.1) is 20.8 Å². The lowest BCUT2D eigenvalue weighted by Crippen LogP contribution is -2.13. The zero-order valence-corrected chi connectivity index (χ0v) is 12.8. The minimum absolute atomic E-state index is 0.0933. The predicted molar refractivity (Wildman–Crippen MR) is 82.7 cm³/mol. The first-order valence-electron chi connectivity index (χ1n) is 6.12. The van der Waals surface area contributed by atoms with Gasteiger partial charge in [-0.05, 0) is 66.0 Å². The standard InChI is InChI=1S/C16H16BrNO/c1-10-5-7-14(17)13(8-10)16(19)18-15-9-11(2)4-6-12(15)3/h4-9H,1-3H3,(H,18,19). The molecule has 0 aliphatic rings. The van der Waals surface area contributed by atoms with E-state index in [0.717, 1.165) is 26.9 Å². The highest BCUT2D eigenvalue weighted by Crippen LogP contribution is 2.21. The molecule has 2 aromatic rings. The Bertz CT molecular complexity index is 635. The van der Waals surface area contributed by atoms with Gasteiger partial charge in [0.15, 0.2) is 0 Å². The van der Waals surface area contributed by atoms with Crippen LogP contribution in [-0.2, 0) is 0 Å². The highest BCUT2D eigenvalue weighted by Gasteiger charge is 2.11. The molecule has 0 bridgehead atoms. The van der Waals surface area contributed by atoms with Crippen LogP contribution in [0.2, 0.25) is 0 Å². The number of amides is 1. The normalized spacial score (nSPS) is 10.3. The van der Waals surface area contributed by atoms with Gasteiger partial charge >= 0.3 is 0 Å². The average molecular weight is 318 g/mol. The lowest BCUT2D eigenvalue weighted by molar-refractivity contribution is 0.102. The van der Waals surface area contributed by atoms with Crippen molar-refractivity contribution in [2.45, 2.75) is 20.8 Å². The molecule has 0 atom stereocenters. The maximum atomic E-state index is 12.3. The van der Waals surface area contributed by atoms with Crippen LogP contribution >= 0.6 is 15.9 Å². The fraction of sp³-hybridized carbons (Fsp3) is 0.188. The van der Waals surface area contributed by atoms with Crippen LogP contribution in [0.5, 0.6) is 0 Å². The summed E-state index contributed by atoms with van der Waals surface area (Å²) in [6.07, 6.45) is 0. The molecule has 0 aliphatic heterocycles. The third-order valence-corrected chi connectivity index (χ3v) is 3.70. The molecular weight excluding hydrogens is 302 g/mol. The van der Waals surface area contributed by atoms with Crippen molar-refractivity contribution in [3.8, 4) is 0 Å². The second-order valence-corrected chi connectivity index (χ2v) is 5.61. The number of hydrogen-bond donors (Lipinski definition) is 1. The van der Waals surface area contributed by atoms with Gasteiger partial charge in [0.25, 0.3) is 5.91 Å². The van der Waals surface area contributed by atoms with E-state index >= 15 is 0 Å². The Hall–Kier alpha value is -1.61. The molecule has 1 amide bonds. The number of carbonyl (C=O) groups excluding carboxylic acids is 1. The summed E-state index contributed by atoms with van der Waals surface area (Å²) in [6.45, 7) is 5.97. The summed E-state index contributed by atoms with van der Waals surface area (Å²) in [4.78, 5) is 12.3. The number of anilines is 1. The largest absolute Gasteiger partial charge is 0.322 e. The molecule has 2 aromatic carbocycles. The summed E-state index contributed by atoms with van der Waals surface area (Å²) in [5.74, 6) is -0.0933. The molecule has 0 saturated heterocycles. The molecule has 0 unspecified atom stereocenters. The van der Waals surface area contributed by atoms with Gasteiger partial charge in [0.1, 0.15) is 0 Å². The quantitative estimate of drug-likeness (QED) is 0.859. The molecule has 0 spiro atoms. The highest BCUT2D eigenvalue weighted by atomic mass is 79.9.